The predicted molar refractivity (Wildman–Crippen MR) is 156 cm³/mol. The van der Waals surface area contributed by atoms with E-state index < -0.39 is 23.5 Å². The van der Waals surface area contributed by atoms with Gasteiger partial charge in [0.1, 0.15) is 0 Å². The van der Waals surface area contributed by atoms with Crippen LogP contribution in [-0.4, -0.2) is 21.9 Å². The first-order valence-corrected chi connectivity index (χ1v) is 13.2. The molecule has 8 heteroatoms. The Hall–Kier alpha value is -3.61. The van der Waals surface area contributed by atoms with E-state index in [2.05, 4.69) is 5.43 Å². The third-order valence-electron chi connectivity index (χ3n) is 6.27. The molecule has 0 spiro atoms. The first-order valence-electron chi connectivity index (χ1n) is 12.1. The van der Waals surface area contributed by atoms with Gasteiger partial charge in [-0.25, -0.2) is 5.01 Å². The number of amides is 2. The van der Waals surface area contributed by atoms with Crippen molar-refractivity contribution >= 4 is 52.7 Å². The zero-order valence-electron chi connectivity index (χ0n) is 20.9. The van der Waals surface area contributed by atoms with Crippen molar-refractivity contribution in [3.63, 3.8) is 0 Å². The van der Waals surface area contributed by atoms with Gasteiger partial charge in [0.2, 0.25) is 0 Å². The average Bonchev–Trinajstić information content (AvgIpc) is 2.95. The van der Waals surface area contributed by atoms with Crippen LogP contribution in [0.5, 0.6) is 0 Å². The summed E-state index contributed by atoms with van der Waals surface area (Å²) in [6, 6.07) is 28.2. The molecule has 0 fully saturated rings. The Bertz CT molecular complexity index is 1410. The van der Waals surface area contributed by atoms with Gasteiger partial charge in [-0.3, -0.25) is 15.0 Å². The highest BCUT2D eigenvalue weighted by atomic mass is 35.5. The van der Waals surface area contributed by atoms with Crippen molar-refractivity contribution in [1.82, 2.24) is 10.4 Å². The smallest absolute Gasteiger partial charge is 0.279 e. The fourth-order valence-corrected chi connectivity index (χ4v) is 4.42. The number of nitrogens with one attached hydrogen (secondary N) is 1. The van der Waals surface area contributed by atoms with Crippen molar-refractivity contribution in [3.8, 4) is 0 Å². The molecule has 2 N–H and O–H groups in total. The molecule has 0 aliphatic heterocycles. The second kappa shape index (κ2) is 12.5. The van der Waals surface area contributed by atoms with Crippen LogP contribution >= 0.6 is 34.8 Å². The highest BCUT2D eigenvalue weighted by Gasteiger charge is 2.42. The van der Waals surface area contributed by atoms with Gasteiger partial charge in [-0.15, -0.1) is 0 Å². The lowest BCUT2D eigenvalue weighted by molar-refractivity contribution is -0.150. The predicted octanol–water partition coefficient (Wildman–Crippen LogP) is 7.22. The summed E-state index contributed by atoms with van der Waals surface area (Å²) in [6.07, 6.45) is 3.02. The Morgan fingerprint density at radius 1 is 0.769 bits per heavy atom. The Kier molecular flexibility index (Phi) is 9.10. The van der Waals surface area contributed by atoms with Crippen molar-refractivity contribution in [3.05, 3.63) is 147 Å². The zero-order chi connectivity index (χ0) is 28.0. The van der Waals surface area contributed by atoms with Crippen LogP contribution in [0.1, 0.15) is 35.2 Å². The molecule has 0 aliphatic rings. The molecule has 0 heterocycles. The van der Waals surface area contributed by atoms with E-state index >= 15 is 0 Å². The number of hydrogen-bond donors (Lipinski definition) is 2. The van der Waals surface area contributed by atoms with Gasteiger partial charge in [-0.2, -0.15) is 0 Å². The molecule has 0 radical (unpaired) electrons. The summed E-state index contributed by atoms with van der Waals surface area (Å²) in [5, 5.41) is 14.6. The second-order valence-electron chi connectivity index (χ2n) is 8.84. The molecule has 0 bridgehead atoms. The van der Waals surface area contributed by atoms with Crippen LogP contribution in [0, 0.1) is 0 Å². The van der Waals surface area contributed by atoms with Gasteiger partial charge in [0.05, 0.1) is 6.04 Å². The first-order chi connectivity index (χ1) is 18.7. The molecule has 0 saturated heterocycles. The van der Waals surface area contributed by atoms with E-state index in [1.807, 2.05) is 30.3 Å². The van der Waals surface area contributed by atoms with Crippen molar-refractivity contribution in [2.45, 2.75) is 18.6 Å². The number of benzene rings is 4. The summed E-state index contributed by atoms with van der Waals surface area (Å²) in [6.45, 7) is 1.77. The molecule has 1 unspecified atom stereocenters. The van der Waals surface area contributed by atoms with Crippen LogP contribution in [0.3, 0.4) is 0 Å². The van der Waals surface area contributed by atoms with Gasteiger partial charge in [0.15, 0.2) is 5.60 Å². The maximum atomic E-state index is 13.9. The van der Waals surface area contributed by atoms with Gasteiger partial charge in [-0.1, -0.05) is 102 Å². The molecule has 198 valence electrons. The number of halogens is 3. The van der Waals surface area contributed by atoms with E-state index in [-0.39, 0.29) is 11.1 Å². The van der Waals surface area contributed by atoms with Gasteiger partial charge in [-0.05, 0) is 71.7 Å². The fraction of sp³-hybridized carbons (Fsp3) is 0.0968. The van der Waals surface area contributed by atoms with E-state index in [1.165, 1.54) is 11.1 Å². The van der Waals surface area contributed by atoms with Gasteiger partial charge in [0, 0.05) is 21.1 Å². The minimum absolute atomic E-state index is 0.262. The summed E-state index contributed by atoms with van der Waals surface area (Å²) in [4.78, 5) is 27.5. The minimum Gasteiger partial charge on any atom is -0.372 e. The molecular weight excluding hydrogens is 555 g/mol. The molecule has 0 saturated carbocycles. The monoisotopic (exact) mass is 578 g/mol. The zero-order valence-corrected chi connectivity index (χ0v) is 23.2. The summed E-state index contributed by atoms with van der Waals surface area (Å²) in [5.74, 6) is -1.33. The number of hydrazine groups is 1. The Labute approximate surface area is 242 Å². The SMILES string of the molecule is CC(c1ccc(Cl)cc1)N(NC(=O)C(O)(c1ccc(Cl)cc1)c1ccc(Cl)cc1)C(=O)/C=C/c1ccccc1. The second-order valence-corrected chi connectivity index (χ2v) is 10.2. The quantitative estimate of drug-likeness (QED) is 0.179. The largest absolute Gasteiger partial charge is 0.372 e. The van der Waals surface area contributed by atoms with Crippen molar-refractivity contribution in [1.29, 1.82) is 0 Å². The summed E-state index contributed by atoms with van der Waals surface area (Å²) >= 11 is 18.2. The molecule has 4 aromatic rings. The highest BCUT2D eigenvalue weighted by molar-refractivity contribution is 6.31. The van der Waals surface area contributed by atoms with Crippen LogP contribution in [0.15, 0.2) is 109 Å². The van der Waals surface area contributed by atoms with Crippen molar-refractivity contribution < 1.29 is 14.7 Å². The van der Waals surface area contributed by atoms with E-state index in [0.717, 1.165) is 11.1 Å². The molecular formula is C31H25Cl3N2O3. The molecule has 39 heavy (non-hydrogen) atoms. The average molecular weight is 580 g/mol. The summed E-state index contributed by atoms with van der Waals surface area (Å²) in [5.41, 5.74) is 2.57. The van der Waals surface area contributed by atoms with Crippen LogP contribution < -0.4 is 5.43 Å². The van der Waals surface area contributed by atoms with Crippen LogP contribution in [0.25, 0.3) is 6.08 Å². The third kappa shape index (κ3) is 6.70. The molecule has 0 aliphatic carbocycles. The third-order valence-corrected chi connectivity index (χ3v) is 7.03. The van der Waals surface area contributed by atoms with Crippen LogP contribution in [0.4, 0.5) is 0 Å². The van der Waals surface area contributed by atoms with Crippen molar-refractivity contribution in [2.24, 2.45) is 0 Å². The topological polar surface area (TPSA) is 69.6 Å². The number of rotatable bonds is 7. The molecule has 2 amide bonds. The lowest BCUT2D eigenvalue weighted by atomic mass is 9.85. The van der Waals surface area contributed by atoms with E-state index in [1.54, 1.807) is 85.8 Å². The summed E-state index contributed by atoms with van der Waals surface area (Å²) < 4.78 is 0. The first kappa shape index (κ1) is 28.4. The number of hydrogen-bond acceptors (Lipinski definition) is 3. The molecule has 4 rings (SSSR count). The van der Waals surface area contributed by atoms with Crippen LogP contribution in [-0.2, 0) is 15.2 Å². The van der Waals surface area contributed by atoms with Crippen molar-refractivity contribution in [2.75, 3.05) is 0 Å². The molecule has 1 atom stereocenters. The van der Waals surface area contributed by atoms with E-state index in [4.69, 9.17) is 34.8 Å². The fourth-order valence-electron chi connectivity index (χ4n) is 4.05. The lowest BCUT2D eigenvalue weighted by Gasteiger charge is -2.34. The Morgan fingerprint density at radius 3 is 1.72 bits per heavy atom. The maximum Gasteiger partial charge on any atom is 0.279 e. The standard InChI is InChI=1S/C31H25Cl3N2O3/c1-21(23-8-14-26(32)15-9-23)36(29(37)20-7-22-5-3-2-4-6-22)35-30(38)31(39,24-10-16-27(33)17-11-24)25-12-18-28(34)19-13-25/h2-21,39H,1H3,(H,35,38)/b20-7+. The molecule has 4 aromatic carbocycles. The number of aliphatic hydroxyl groups is 1. The number of carbonyl (C=O) groups is 2. The number of carbonyl (C=O) groups excluding carboxylic acids is 2. The lowest BCUT2D eigenvalue weighted by Crippen LogP contribution is -2.54. The van der Waals surface area contributed by atoms with Crippen LogP contribution in [0.2, 0.25) is 15.1 Å². The maximum absolute atomic E-state index is 13.9. The molecule has 5 nitrogen and oxygen atoms in total. The van der Waals surface area contributed by atoms with E-state index in [9.17, 15) is 14.7 Å². The minimum atomic E-state index is -2.17. The summed E-state index contributed by atoms with van der Waals surface area (Å²) in [7, 11) is 0. The normalized spacial score (nSPS) is 12.2. The van der Waals surface area contributed by atoms with Gasteiger partial charge >= 0.3 is 0 Å². The van der Waals surface area contributed by atoms with E-state index in [0.29, 0.717) is 15.1 Å². The Balaban J connectivity index is 1.74. The van der Waals surface area contributed by atoms with Gasteiger partial charge in [0.25, 0.3) is 11.8 Å². The Morgan fingerprint density at radius 2 is 1.23 bits per heavy atom. The van der Waals surface area contributed by atoms with Gasteiger partial charge < -0.3 is 5.11 Å². The highest BCUT2D eigenvalue weighted by Crippen LogP contribution is 2.33. The number of nitrogens with zero attached hydrogens (tertiary/aromatic N) is 1. The molecule has 0 aromatic heterocycles.